The van der Waals surface area contributed by atoms with E-state index in [2.05, 4.69) is 317 Å². The summed E-state index contributed by atoms with van der Waals surface area (Å²) in [5.74, 6) is 0. The van der Waals surface area contributed by atoms with Crippen LogP contribution in [0.25, 0.3) is 66.8 Å². The van der Waals surface area contributed by atoms with Crippen molar-refractivity contribution < 1.29 is 0 Å². The number of nitrogens with zero attached hydrogens (tertiary/aromatic N) is 2. The van der Waals surface area contributed by atoms with Crippen LogP contribution in [0.4, 0.5) is 34.1 Å². The summed E-state index contributed by atoms with van der Waals surface area (Å²) in [6.07, 6.45) is 0. The number of fused-ring (bicyclic) bond motifs is 16. The lowest BCUT2D eigenvalue weighted by atomic mass is 9.70. The van der Waals surface area contributed by atoms with Gasteiger partial charge in [-0.25, -0.2) is 0 Å². The molecule has 81 heavy (non-hydrogen) atoms. The SMILES string of the molecule is CC1(C)c2ccccc2-c2ccc(N(c3cccc(-c4ccccc4)c3)c3ccc4c(c3)-c3ccccc3C43c4ccccc4-c4cc(N(c5cccc(-c6ccccc6)c5)c5ccc6c(c5)C(C)(C)c5ccccc5-6)ccc43)cc21. The third kappa shape index (κ3) is 6.87. The van der Waals surface area contributed by atoms with Crippen LogP contribution in [-0.4, -0.2) is 0 Å². The minimum atomic E-state index is -0.544. The quantitative estimate of drug-likeness (QED) is 0.150. The Morgan fingerprint density at radius 2 is 0.494 bits per heavy atom. The van der Waals surface area contributed by atoms with E-state index in [1.807, 2.05) is 0 Å². The molecule has 4 aliphatic rings. The van der Waals surface area contributed by atoms with E-state index >= 15 is 0 Å². The standard InChI is InChI=1S/C79H58N2/c1-77(2)69-33-15-11-29-61(69)65-41-37-59(49-75(65)77)80(55-27-19-25-53(45-55)51-21-7-5-8-22-51)57-39-43-73-67(47-57)63-31-13-17-35-71(63)79(73)72-36-18-14-32-64(72)68-48-58(40-44-74(68)79)81(56-28-20-26-54(46-56)52-23-9-6-10-24-52)60-38-42-66-62-30-12-16-34-70(62)78(3,4)76(66)50-60/h5-50H,1-4H3. The fraction of sp³-hybridized carbons (Fsp3) is 0.0886. The van der Waals surface area contributed by atoms with Crippen LogP contribution in [0, 0.1) is 0 Å². The van der Waals surface area contributed by atoms with E-state index in [0.717, 1.165) is 34.1 Å². The molecular formula is C79H58N2. The molecule has 0 aromatic heterocycles. The highest BCUT2D eigenvalue weighted by molar-refractivity contribution is 5.99. The molecule has 0 radical (unpaired) electrons. The van der Waals surface area contributed by atoms with Crippen molar-refractivity contribution in [3.63, 3.8) is 0 Å². The predicted octanol–water partition coefficient (Wildman–Crippen LogP) is 20.9. The van der Waals surface area contributed by atoms with Gasteiger partial charge >= 0.3 is 0 Å². The molecule has 12 aromatic rings. The summed E-state index contributed by atoms with van der Waals surface area (Å²) >= 11 is 0. The van der Waals surface area contributed by atoms with Gasteiger partial charge in [-0.05, 0) is 184 Å². The zero-order chi connectivity index (χ0) is 54.2. The first-order valence-electron chi connectivity index (χ1n) is 28.6. The fourth-order valence-electron chi connectivity index (χ4n) is 14.9. The molecule has 0 heterocycles. The van der Waals surface area contributed by atoms with E-state index in [1.54, 1.807) is 0 Å². The average Bonchev–Trinajstić information content (AvgIpc) is 2.33. The molecule has 0 fully saturated rings. The fourth-order valence-corrected chi connectivity index (χ4v) is 14.9. The smallest absolute Gasteiger partial charge is 0.0725 e. The van der Waals surface area contributed by atoms with Crippen molar-refractivity contribution in [1.29, 1.82) is 0 Å². The second kappa shape index (κ2) is 17.6. The third-order valence-corrected chi connectivity index (χ3v) is 18.6. The summed E-state index contributed by atoms with van der Waals surface area (Å²) in [5.41, 5.74) is 31.7. The van der Waals surface area contributed by atoms with Crippen LogP contribution in [0.5, 0.6) is 0 Å². The van der Waals surface area contributed by atoms with Gasteiger partial charge in [-0.2, -0.15) is 0 Å². The number of hydrogen-bond acceptors (Lipinski definition) is 2. The van der Waals surface area contributed by atoms with Gasteiger partial charge in [0.2, 0.25) is 0 Å². The molecule has 0 saturated heterocycles. The molecule has 0 bridgehead atoms. The Kier molecular flexibility index (Phi) is 10.3. The van der Waals surface area contributed by atoms with Crippen LogP contribution in [-0.2, 0) is 16.2 Å². The summed E-state index contributed by atoms with van der Waals surface area (Å²) in [5, 5.41) is 0. The van der Waals surface area contributed by atoms with Crippen molar-refractivity contribution in [3.05, 3.63) is 324 Å². The molecule has 1 spiro atoms. The lowest BCUT2D eigenvalue weighted by molar-refractivity contribution is 0.660. The monoisotopic (exact) mass is 1030 g/mol. The van der Waals surface area contributed by atoms with Gasteiger partial charge in [0, 0.05) is 45.0 Å². The van der Waals surface area contributed by atoms with Crippen molar-refractivity contribution in [3.8, 4) is 66.8 Å². The number of anilines is 6. The van der Waals surface area contributed by atoms with Crippen molar-refractivity contribution >= 4 is 34.1 Å². The van der Waals surface area contributed by atoms with Crippen LogP contribution < -0.4 is 9.80 Å². The highest BCUT2D eigenvalue weighted by Gasteiger charge is 2.52. The van der Waals surface area contributed by atoms with Crippen molar-refractivity contribution in [2.75, 3.05) is 9.80 Å². The van der Waals surface area contributed by atoms with Crippen molar-refractivity contribution in [2.45, 2.75) is 43.9 Å². The summed E-state index contributed by atoms with van der Waals surface area (Å²) in [6, 6.07) is 105. The summed E-state index contributed by atoms with van der Waals surface area (Å²) in [6.45, 7) is 9.51. The zero-order valence-electron chi connectivity index (χ0n) is 46.0. The molecule has 384 valence electrons. The summed E-state index contributed by atoms with van der Waals surface area (Å²) in [7, 11) is 0. The summed E-state index contributed by atoms with van der Waals surface area (Å²) < 4.78 is 0. The Hall–Kier alpha value is -9.76. The maximum absolute atomic E-state index is 2.49. The summed E-state index contributed by atoms with van der Waals surface area (Å²) in [4.78, 5) is 4.98. The first kappa shape index (κ1) is 47.3. The minimum absolute atomic E-state index is 0.153. The van der Waals surface area contributed by atoms with Crippen molar-refractivity contribution in [2.24, 2.45) is 0 Å². The second-order valence-electron chi connectivity index (χ2n) is 23.6. The van der Waals surface area contributed by atoms with Gasteiger partial charge in [-0.15, -0.1) is 0 Å². The number of benzene rings is 12. The molecule has 4 aliphatic carbocycles. The Morgan fingerprint density at radius 1 is 0.198 bits per heavy atom. The van der Waals surface area contributed by atoms with E-state index in [1.165, 1.54) is 111 Å². The number of hydrogen-bond donors (Lipinski definition) is 0. The molecule has 0 unspecified atom stereocenters. The first-order valence-corrected chi connectivity index (χ1v) is 28.6. The maximum atomic E-state index is 2.49. The highest BCUT2D eigenvalue weighted by Crippen LogP contribution is 2.64. The molecule has 0 aliphatic heterocycles. The van der Waals surface area contributed by atoms with E-state index in [9.17, 15) is 0 Å². The van der Waals surface area contributed by atoms with E-state index in [-0.39, 0.29) is 10.8 Å². The van der Waals surface area contributed by atoms with Crippen LogP contribution in [0.3, 0.4) is 0 Å². The molecule has 16 rings (SSSR count). The molecular weight excluding hydrogens is 977 g/mol. The Morgan fingerprint density at radius 3 is 0.914 bits per heavy atom. The zero-order valence-corrected chi connectivity index (χ0v) is 46.0. The van der Waals surface area contributed by atoms with Crippen LogP contribution >= 0.6 is 0 Å². The van der Waals surface area contributed by atoms with Gasteiger partial charge < -0.3 is 9.80 Å². The lowest BCUT2D eigenvalue weighted by Gasteiger charge is -2.32. The minimum Gasteiger partial charge on any atom is -0.310 e. The maximum Gasteiger partial charge on any atom is 0.0725 e. The van der Waals surface area contributed by atoms with Gasteiger partial charge in [0.15, 0.2) is 0 Å². The highest BCUT2D eigenvalue weighted by atomic mass is 15.1. The van der Waals surface area contributed by atoms with Gasteiger partial charge in [0.25, 0.3) is 0 Å². The Bertz CT molecular complexity index is 4250. The van der Waals surface area contributed by atoms with Crippen molar-refractivity contribution in [1.82, 2.24) is 0 Å². The second-order valence-corrected chi connectivity index (χ2v) is 23.6. The van der Waals surface area contributed by atoms with Gasteiger partial charge in [-0.1, -0.05) is 234 Å². The van der Waals surface area contributed by atoms with Crippen LogP contribution in [0.15, 0.2) is 279 Å². The average molecular weight is 1040 g/mol. The third-order valence-electron chi connectivity index (χ3n) is 18.6. The largest absolute Gasteiger partial charge is 0.310 e. The van der Waals surface area contributed by atoms with E-state index in [4.69, 9.17) is 0 Å². The topological polar surface area (TPSA) is 6.48 Å². The van der Waals surface area contributed by atoms with Crippen LogP contribution in [0.1, 0.15) is 72.2 Å². The molecule has 0 amide bonds. The van der Waals surface area contributed by atoms with Gasteiger partial charge in [0.05, 0.1) is 5.41 Å². The molecule has 0 atom stereocenters. The predicted molar refractivity (Wildman–Crippen MR) is 338 cm³/mol. The molecule has 2 nitrogen and oxygen atoms in total. The van der Waals surface area contributed by atoms with Gasteiger partial charge in [-0.3, -0.25) is 0 Å². The normalized spacial score (nSPS) is 14.5. The first-order chi connectivity index (χ1) is 39.7. The van der Waals surface area contributed by atoms with Gasteiger partial charge in [0.1, 0.15) is 0 Å². The molecule has 2 heteroatoms. The number of rotatable bonds is 8. The molecule has 0 N–H and O–H groups in total. The lowest BCUT2D eigenvalue weighted by Crippen LogP contribution is -2.26. The Balaban J connectivity index is 0.877. The Labute approximate surface area is 475 Å². The molecule has 12 aromatic carbocycles. The van der Waals surface area contributed by atoms with Crippen LogP contribution in [0.2, 0.25) is 0 Å². The van der Waals surface area contributed by atoms with E-state index in [0.29, 0.717) is 0 Å². The molecule has 0 saturated carbocycles. The van der Waals surface area contributed by atoms with E-state index < -0.39 is 5.41 Å².